The van der Waals surface area contributed by atoms with Gasteiger partial charge in [0.05, 0.1) is 33.3 Å². The lowest BCUT2D eigenvalue weighted by Crippen LogP contribution is -3.14. The highest BCUT2D eigenvalue weighted by atomic mass is 16.5. The van der Waals surface area contributed by atoms with Gasteiger partial charge in [0.25, 0.3) is 0 Å². The molecule has 4 heteroatoms. The normalized spacial score (nSPS) is 16.5. The third-order valence-corrected chi connectivity index (χ3v) is 5.38. The minimum absolute atomic E-state index is 0.479. The lowest BCUT2D eigenvalue weighted by Gasteiger charge is -2.36. The third kappa shape index (κ3) is 3.85. The summed E-state index contributed by atoms with van der Waals surface area (Å²) in [6.07, 6.45) is 0.928. The second kappa shape index (κ2) is 7.70. The minimum Gasteiger partial charge on any atom is -0.497 e. The zero-order valence-corrected chi connectivity index (χ0v) is 15.3. The summed E-state index contributed by atoms with van der Waals surface area (Å²) in [4.78, 5) is 15.0. The van der Waals surface area contributed by atoms with Crippen LogP contribution in [0.3, 0.4) is 0 Å². The number of anilines is 1. The second-order valence-corrected chi connectivity index (χ2v) is 6.80. The number of nitrogens with zero attached hydrogens (tertiary/aromatic N) is 1. The van der Waals surface area contributed by atoms with Crippen molar-refractivity contribution in [2.24, 2.45) is 0 Å². The molecule has 0 bridgehead atoms. The maximum Gasteiger partial charge on any atom is 0.150 e. The predicted molar refractivity (Wildman–Crippen MR) is 101 cm³/mol. The average Bonchev–Trinajstić information content (AvgIpc) is 2.67. The molecule has 0 unspecified atom stereocenters. The first-order valence-corrected chi connectivity index (χ1v) is 8.91. The van der Waals surface area contributed by atoms with Gasteiger partial charge in [0.15, 0.2) is 0 Å². The first-order valence-electron chi connectivity index (χ1n) is 8.91. The van der Waals surface area contributed by atoms with Gasteiger partial charge in [-0.05, 0) is 61.9 Å². The summed E-state index contributed by atoms with van der Waals surface area (Å²) in [6.45, 7) is 8.60. The quantitative estimate of drug-likeness (QED) is 0.849. The summed E-state index contributed by atoms with van der Waals surface area (Å²) >= 11 is 0. The molecule has 1 fully saturated rings. The Morgan fingerprint density at radius 1 is 1.12 bits per heavy atom. The number of hydrogen-bond acceptors (Lipinski definition) is 3. The van der Waals surface area contributed by atoms with E-state index in [9.17, 15) is 4.79 Å². The van der Waals surface area contributed by atoms with Crippen molar-refractivity contribution in [1.82, 2.24) is 0 Å². The summed E-state index contributed by atoms with van der Waals surface area (Å²) in [5, 5.41) is 0. The molecule has 3 rings (SSSR count). The van der Waals surface area contributed by atoms with Crippen molar-refractivity contribution in [1.29, 1.82) is 0 Å². The van der Waals surface area contributed by atoms with E-state index in [2.05, 4.69) is 36.1 Å². The van der Waals surface area contributed by atoms with Gasteiger partial charge in [-0.3, -0.25) is 4.79 Å². The molecule has 0 radical (unpaired) electrons. The van der Waals surface area contributed by atoms with E-state index in [0.717, 1.165) is 49.3 Å². The van der Waals surface area contributed by atoms with Gasteiger partial charge in [-0.15, -0.1) is 0 Å². The Morgan fingerprint density at radius 2 is 1.80 bits per heavy atom. The molecule has 0 aliphatic carbocycles. The molecule has 2 aromatic carbocycles. The molecule has 0 saturated carbocycles. The van der Waals surface area contributed by atoms with E-state index in [1.54, 1.807) is 12.0 Å². The number of aryl methyl sites for hydroxylation is 1. The van der Waals surface area contributed by atoms with Gasteiger partial charge in [-0.1, -0.05) is 0 Å². The van der Waals surface area contributed by atoms with Crippen LogP contribution in [-0.2, 0) is 0 Å². The van der Waals surface area contributed by atoms with E-state index in [0.29, 0.717) is 6.04 Å². The Balaban J connectivity index is 1.62. The number of hydrogen-bond donors (Lipinski definition) is 1. The largest absolute Gasteiger partial charge is 0.497 e. The average molecular weight is 339 g/mol. The molecule has 0 spiro atoms. The number of quaternary nitrogens is 1. The SMILES string of the molecule is COc1ccc([C@H](C)[NH+]2CCN(c3ccc(C=O)c(C)c3)CC2)cc1. The summed E-state index contributed by atoms with van der Waals surface area (Å²) in [5.41, 5.74) is 4.41. The molecule has 0 amide bonds. The number of nitrogens with one attached hydrogen (secondary N) is 1. The van der Waals surface area contributed by atoms with Crippen molar-refractivity contribution in [3.63, 3.8) is 0 Å². The van der Waals surface area contributed by atoms with Crippen molar-refractivity contribution < 1.29 is 14.4 Å². The van der Waals surface area contributed by atoms with Crippen LogP contribution < -0.4 is 14.5 Å². The van der Waals surface area contributed by atoms with Gasteiger partial charge >= 0.3 is 0 Å². The van der Waals surface area contributed by atoms with Crippen LogP contribution in [0.5, 0.6) is 5.75 Å². The van der Waals surface area contributed by atoms with Crippen LogP contribution in [0.4, 0.5) is 5.69 Å². The predicted octanol–water partition coefficient (Wildman–Crippen LogP) is 2.28. The van der Waals surface area contributed by atoms with E-state index in [1.165, 1.54) is 11.3 Å². The number of ether oxygens (including phenoxy) is 1. The number of aldehydes is 1. The molecule has 1 saturated heterocycles. The zero-order valence-electron chi connectivity index (χ0n) is 15.3. The van der Waals surface area contributed by atoms with Gasteiger partial charge < -0.3 is 14.5 Å². The van der Waals surface area contributed by atoms with Gasteiger partial charge in [-0.25, -0.2) is 0 Å². The van der Waals surface area contributed by atoms with Gasteiger partial charge in [0.2, 0.25) is 0 Å². The molecule has 1 heterocycles. The summed E-state index contributed by atoms with van der Waals surface area (Å²) in [5.74, 6) is 0.907. The van der Waals surface area contributed by atoms with Crippen LogP contribution in [0.15, 0.2) is 42.5 Å². The number of methoxy groups -OCH3 is 1. The molecular formula is C21H27N2O2+. The fourth-order valence-corrected chi connectivity index (χ4v) is 3.60. The first kappa shape index (κ1) is 17.5. The van der Waals surface area contributed by atoms with Crippen LogP contribution in [0, 0.1) is 6.92 Å². The fourth-order valence-electron chi connectivity index (χ4n) is 3.60. The Hall–Kier alpha value is -2.33. The Kier molecular flexibility index (Phi) is 5.39. The highest BCUT2D eigenvalue weighted by molar-refractivity contribution is 5.78. The third-order valence-electron chi connectivity index (χ3n) is 5.38. The first-order chi connectivity index (χ1) is 12.1. The number of piperazine rings is 1. The van der Waals surface area contributed by atoms with E-state index >= 15 is 0 Å². The molecule has 1 aliphatic heterocycles. The van der Waals surface area contributed by atoms with Crippen molar-refractivity contribution in [2.45, 2.75) is 19.9 Å². The maximum absolute atomic E-state index is 11.0. The monoisotopic (exact) mass is 339 g/mol. The highest BCUT2D eigenvalue weighted by Crippen LogP contribution is 2.19. The van der Waals surface area contributed by atoms with Crippen molar-refractivity contribution >= 4 is 12.0 Å². The van der Waals surface area contributed by atoms with Crippen LogP contribution in [0.25, 0.3) is 0 Å². The van der Waals surface area contributed by atoms with Crippen molar-refractivity contribution in [3.05, 3.63) is 59.2 Å². The molecule has 1 N–H and O–H groups in total. The van der Waals surface area contributed by atoms with E-state index in [1.807, 2.05) is 25.1 Å². The lowest BCUT2D eigenvalue weighted by molar-refractivity contribution is -0.930. The standard InChI is InChI=1S/C21H26N2O2/c1-16-14-20(7-4-19(16)15-24)23-12-10-22(11-13-23)17(2)18-5-8-21(25-3)9-6-18/h4-9,14-15,17H,10-13H2,1-3H3/p+1/t17-/m0/s1. The maximum atomic E-state index is 11.0. The minimum atomic E-state index is 0.479. The number of carbonyl (C=O) groups excluding carboxylic acids is 1. The molecule has 4 nitrogen and oxygen atoms in total. The van der Waals surface area contributed by atoms with E-state index in [4.69, 9.17) is 4.74 Å². The molecule has 2 aromatic rings. The Morgan fingerprint density at radius 3 is 2.36 bits per heavy atom. The summed E-state index contributed by atoms with van der Waals surface area (Å²) in [6, 6.07) is 15.0. The smallest absolute Gasteiger partial charge is 0.150 e. The lowest BCUT2D eigenvalue weighted by atomic mass is 10.1. The van der Waals surface area contributed by atoms with Gasteiger partial charge in [-0.2, -0.15) is 0 Å². The highest BCUT2D eigenvalue weighted by Gasteiger charge is 2.25. The topological polar surface area (TPSA) is 34.0 Å². The van der Waals surface area contributed by atoms with Crippen molar-refractivity contribution in [3.8, 4) is 5.75 Å². The zero-order chi connectivity index (χ0) is 17.8. The number of benzene rings is 2. The Labute approximate surface area is 150 Å². The van der Waals surface area contributed by atoms with E-state index in [-0.39, 0.29) is 0 Å². The van der Waals surface area contributed by atoms with Crippen LogP contribution in [0.2, 0.25) is 0 Å². The van der Waals surface area contributed by atoms with Crippen LogP contribution in [-0.4, -0.2) is 39.6 Å². The summed E-state index contributed by atoms with van der Waals surface area (Å²) < 4.78 is 5.25. The van der Waals surface area contributed by atoms with Gasteiger partial charge in [0, 0.05) is 16.8 Å². The summed E-state index contributed by atoms with van der Waals surface area (Å²) in [7, 11) is 1.70. The van der Waals surface area contributed by atoms with Crippen molar-refractivity contribution in [2.75, 3.05) is 38.2 Å². The molecule has 1 aliphatic rings. The van der Waals surface area contributed by atoms with Crippen LogP contribution >= 0.6 is 0 Å². The molecule has 1 atom stereocenters. The number of rotatable bonds is 5. The van der Waals surface area contributed by atoms with Gasteiger partial charge in [0.1, 0.15) is 18.1 Å². The number of carbonyl (C=O) groups is 1. The van der Waals surface area contributed by atoms with E-state index < -0.39 is 0 Å². The molecule has 0 aromatic heterocycles. The molecule has 25 heavy (non-hydrogen) atoms. The van der Waals surface area contributed by atoms with Crippen LogP contribution in [0.1, 0.15) is 34.5 Å². The second-order valence-electron chi connectivity index (χ2n) is 6.80. The Bertz CT molecular complexity index is 719. The molecular weight excluding hydrogens is 312 g/mol. The fraction of sp³-hybridized carbons (Fsp3) is 0.381. The molecule has 132 valence electrons.